The second-order valence-corrected chi connectivity index (χ2v) is 6.58. The maximum atomic E-state index is 12.5. The average Bonchev–Trinajstić information content (AvgIpc) is 2.55. The number of rotatable bonds is 9. The van der Waals surface area contributed by atoms with Crippen LogP contribution in [0.25, 0.3) is 10.9 Å². The number of fused-ring (bicyclic) bond motifs is 1. The zero-order chi connectivity index (χ0) is 16.7. The van der Waals surface area contributed by atoms with Crippen molar-refractivity contribution in [3.05, 3.63) is 30.5 Å². The molecule has 1 heterocycles. The van der Waals surface area contributed by atoms with E-state index in [0.29, 0.717) is 49.4 Å². The average molecular weight is 338 g/mol. The third kappa shape index (κ3) is 4.40. The molecule has 6 nitrogen and oxygen atoms in total. The van der Waals surface area contributed by atoms with Crippen molar-refractivity contribution in [2.24, 2.45) is 0 Å². The standard InChI is InChI=1S/C16H22N2O4S/c1-3-21-12-6-11-18-23(19,20)15-9-8-14(22-4-2)16-13(15)7-5-10-17-16/h5,7-10,18H,3-4,6,11-12H2,1-2H3. The lowest BCUT2D eigenvalue weighted by molar-refractivity contribution is 0.146. The van der Waals surface area contributed by atoms with E-state index in [1.54, 1.807) is 30.5 Å². The quantitative estimate of drug-likeness (QED) is 0.710. The van der Waals surface area contributed by atoms with Gasteiger partial charge in [-0.15, -0.1) is 0 Å². The van der Waals surface area contributed by atoms with Crippen molar-refractivity contribution < 1.29 is 17.9 Å². The van der Waals surface area contributed by atoms with E-state index in [4.69, 9.17) is 9.47 Å². The fourth-order valence-electron chi connectivity index (χ4n) is 2.23. The van der Waals surface area contributed by atoms with Crippen molar-refractivity contribution >= 4 is 20.9 Å². The normalized spacial score (nSPS) is 11.7. The van der Waals surface area contributed by atoms with Gasteiger partial charge in [-0.1, -0.05) is 0 Å². The van der Waals surface area contributed by atoms with Gasteiger partial charge in [-0.05, 0) is 44.5 Å². The Morgan fingerprint density at radius 3 is 2.74 bits per heavy atom. The van der Waals surface area contributed by atoms with E-state index in [-0.39, 0.29) is 4.90 Å². The van der Waals surface area contributed by atoms with Gasteiger partial charge in [-0.25, -0.2) is 13.1 Å². The van der Waals surface area contributed by atoms with Crippen LogP contribution in [0.2, 0.25) is 0 Å². The lowest BCUT2D eigenvalue weighted by Gasteiger charge is -2.12. The molecule has 2 aromatic rings. The Balaban J connectivity index is 2.26. The van der Waals surface area contributed by atoms with Crippen LogP contribution in [-0.2, 0) is 14.8 Å². The molecule has 23 heavy (non-hydrogen) atoms. The zero-order valence-electron chi connectivity index (χ0n) is 13.4. The topological polar surface area (TPSA) is 77.5 Å². The highest BCUT2D eigenvalue weighted by molar-refractivity contribution is 7.89. The molecule has 1 aromatic carbocycles. The molecule has 0 radical (unpaired) electrons. The van der Waals surface area contributed by atoms with Gasteiger partial charge in [-0.2, -0.15) is 0 Å². The molecule has 0 fully saturated rings. The Labute approximate surface area is 136 Å². The van der Waals surface area contributed by atoms with E-state index < -0.39 is 10.0 Å². The van der Waals surface area contributed by atoms with E-state index >= 15 is 0 Å². The summed E-state index contributed by atoms with van der Waals surface area (Å²) in [5, 5.41) is 0.552. The van der Waals surface area contributed by atoms with Crippen molar-refractivity contribution in [1.82, 2.24) is 9.71 Å². The summed E-state index contributed by atoms with van der Waals surface area (Å²) < 4.78 is 38.4. The summed E-state index contributed by atoms with van der Waals surface area (Å²) in [5.41, 5.74) is 0.548. The Kier molecular flexibility index (Phi) is 6.32. The van der Waals surface area contributed by atoms with E-state index in [1.807, 2.05) is 13.8 Å². The second kappa shape index (κ2) is 8.24. The minimum absolute atomic E-state index is 0.209. The van der Waals surface area contributed by atoms with Crippen LogP contribution in [0.3, 0.4) is 0 Å². The van der Waals surface area contributed by atoms with Gasteiger partial charge < -0.3 is 9.47 Å². The molecule has 0 atom stereocenters. The first-order valence-electron chi connectivity index (χ1n) is 7.68. The summed E-state index contributed by atoms with van der Waals surface area (Å²) in [7, 11) is -3.61. The third-order valence-corrected chi connectivity index (χ3v) is 4.76. The lowest BCUT2D eigenvalue weighted by atomic mass is 10.2. The molecule has 1 aromatic heterocycles. The van der Waals surface area contributed by atoms with Crippen LogP contribution in [0.5, 0.6) is 5.75 Å². The molecule has 0 unspecified atom stereocenters. The lowest BCUT2D eigenvalue weighted by Crippen LogP contribution is -2.26. The van der Waals surface area contributed by atoms with E-state index in [0.717, 1.165) is 0 Å². The molecular weight excluding hydrogens is 316 g/mol. The predicted octanol–water partition coefficient (Wildman–Crippen LogP) is 2.34. The van der Waals surface area contributed by atoms with E-state index in [1.165, 1.54) is 0 Å². The van der Waals surface area contributed by atoms with Crippen LogP contribution in [0.15, 0.2) is 35.4 Å². The van der Waals surface area contributed by atoms with Crippen LogP contribution in [0, 0.1) is 0 Å². The number of hydrogen-bond acceptors (Lipinski definition) is 5. The monoisotopic (exact) mass is 338 g/mol. The van der Waals surface area contributed by atoms with Gasteiger partial charge in [0.1, 0.15) is 11.3 Å². The minimum atomic E-state index is -3.61. The van der Waals surface area contributed by atoms with Gasteiger partial charge in [0.15, 0.2) is 0 Å². The van der Waals surface area contributed by atoms with Gasteiger partial charge in [0.25, 0.3) is 0 Å². The van der Waals surface area contributed by atoms with Gasteiger partial charge in [0.2, 0.25) is 10.0 Å². The fourth-order valence-corrected chi connectivity index (χ4v) is 3.50. The molecule has 0 aliphatic carbocycles. The summed E-state index contributed by atoms with van der Waals surface area (Å²) in [6, 6.07) is 6.65. The molecule has 7 heteroatoms. The number of nitrogens with zero attached hydrogens (tertiary/aromatic N) is 1. The van der Waals surface area contributed by atoms with Gasteiger partial charge in [-0.3, -0.25) is 4.98 Å². The first kappa shape index (κ1) is 17.7. The minimum Gasteiger partial charge on any atom is -0.492 e. The number of hydrogen-bond donors (Lipinski definition) is 1. The summed E-state index contributed by atoms with van der Waals surface area (Å²) in [4.78, 5) is 4.47. The summed E-state index contributed by atoms with van der Waals surface area (Å²) in [6.07, 6.45) is 2.25. The highest BCUT2D eigenvalue weighted by Crippen LogP contribution is 2.29. The molecule has 126 valence electrons. The van der Waals surface area contributed by atoms with Crippen LogP contribution in [0.4, 0.5) is 0 Å². The molecule has 0 aliphatic heterocycles. The zero-order valence-corrected chi connectivity index (χ0v) is 14.2. The van der Waals surface area contributed by atoms with E-state index in [2.05, 4.69) is 9.71 Å². The van der Waals surface area contributed by atoms with Crippen molar-refractivity contribution in [2.45, 2.75) is 25.2 Å². The number of benzene rings is 1. The molecule has 0 amide bonds. The Morgan fingerprint density at radius 2 is 2.00 bits per heavy atom. The number of ether oxygens (including phenoxy) is 2. The van der Waals surface area contributed by atoms with E-state index in [9.17, 15) is 8.42 Å². The number of nitrogens with one attached hydrogen (secondary N) is 1. The largest absolute Gasteiger partial charge is 0.492 e. The summed E-state index contributed by atoms with van der Waals surface area (Å²) >= 11 is 0. The first-order chi connectivity index (χ1) is 11.1. The molecule has 0 saturated heterocycles. The number of sulfonamides is 1. The van der Waals surface area contributed by atoms with Crippen LogP contribution in [0.1, 0.15) is 20.3 Å². The highest BCUT2D eigenvalue weighted by Gasteiger charge is 2.19. The molecule has 1 N–H and O–H groups in total. The van der Waals surface area contributed by atoms with Gasteiger partial charge >= 0.3 is 0 Å². The maximum Gasteiger partial charge on any atom is 0.241 e. The highest BCUT2D eigenvalue weighted by atomic mass is 32.2. The smallest absolute Gasteiger partial charge is 0.241 e. The SMILES string of the molecule is CCOCCCNS(=O)(=O)c1ccc(OCC)c2ncccc12. The molecule has 0 aliphatic rings. The van der Waals surface area contributed by atoms with Crippen LogP contribution >= 0.6 is 0 Å². The molecule has 0 bridgehead atoms. The molecule has 2 rings (SSSR count). The first-order valence-corrected chi connectivity index (χ1v) is 9.16. The third-order valence-electron chi connectivity index (χ3n) is 3.24. The summed E-state index contributed by atoms with van der Waals surface area (Å²) in [5.74, 6) is 0.582. The van der Waals surface area contributed by atoms with Gasteiger partial charge in [0.05, 0.1) is 11.5 Å². The Hall–Kier alpha value is -1.70. The van der Waals surface area contributed by atoms with Crippen molar-refractivity contribution in [3.63, 3.8) is 0 Å². The molecular formula is C16H22N2O4S. The van der Waals surface area contributed by atoms with Crippen LogP contribution < -0.4 is 9.46 Å². The van der Waals surface area contributed by atoms with Crippen molar-refractivity contribution in [3.8, 4) is 5.75 Å². The number of aromatic nitrogens is 1. The summed E-state index contributed by atoms with van der Waals surface area (Å²) in [6.45, 7) is 5.76. The van der Waals surface area contributed by atoms with Gasteiger partial charge in [0, 0.05) is 31.3 Å². The predicted molar refractivity (Wildman–Crippen MR) is 89.2 cm³/mol. The van der Waals surface area contributed by atoms with Crippen molar-refractivity contribution in [2.75, 3.05) is 26.4 Å². The fraction of sp³-hybridized carbons (Fsp3) is 0.438. The van der Waals surface area contributed by atoms with Crippen molar-refractivity contribution in [1.29, 1.82) is 0 Å². The van der Waals surface area contributed by atoms with Crippen LogP contribution in [-0.4, -0.2) is 39.8 Å². The number of pyridine rings is 1. The second-order valence-electron chi connectivity index (χ2n) is 4.84. The maximum absolute atomic E-state index is 12.5. The Bertz CT molecular complexity index is 747. The molecule has 0 spiro atoms. The molecule has 0 saturated carbocycles. The Morgan fingerprint density at radius 1 is 1.17 bits per heavy atom.